The van der Waals surface area contributed by atoms with E-state index >= 15 is 0 Å². The van der Waals surface area contributed by atoms with Crippen molar-refractivity contribution in [1.82, 2.24) is 15.0 Å². The molecular formula is C13H17BrN4. The summed E-state index contributed by atoms with van der Waals surface area (Å²) in [5.41, 5.74) is 1.56. The maximum atomic E-state index is 4.58. The number of aromatic nitrogens is 3. The summed E-state index contributed by atoms with van der Waals surface area (Å²) in [5, 5.41) is 0.941. The first-order valence-corrected chi connectivity index (χ1v) is 7.36. The molecule has 0 atom stereocenters. The van der Waals surface area contributed by atoms with Gasteiger partial charge in [0, 0.05) is 30.8 Å². The molecule has 2 aromatic rings. The second kappa shape index (κ2) is 6.64. The van der Waals surface area contributed by atoms with Crippen molar-refractivity contribution < 1.29 is 0 Å². The Morgan fingerprint density at radius 1 is 1.17 bits per heavy atom. The van der Waals surface area contributed by atoms with Gasteiger partial charge in [-0.15, -0.1) is 0 Å². The van der Waals surface area contributed by atoms with Gasteiger partial charge in [0.2, 0.25) is 0 Å². The topological polar surface area (TPSA) is 41.9 Å². The monoisotopic (exact) mass is 308 g/mol. The van der Waals surface area contributed by atoms with Crippen LogP contribution in [0, 0.1) is 0 Å². The minimum absolute atomic E-state index is 0.714. The average Bonchev–Trinajstić information content (AvgIpc) is 2.43. The van der Waals surface area contributed by atoms with Crippen LogP contribution in [0.2, 0.25) is 0 Å². The Hall–Kier alpha value is -1.23. The second-order valence-electron chi connectivity index (χ2n) is 4.10. The number of rotatable bonds is 6. The molecule has 96 valence electrons. The van der Waals surface area contributed by atoms with Crippen molar-refractivity contribution in [2.45, 2.75) is 19.8 Å². The molecule has 0 saturated carbocycles. The summed E-state index contributed by atoms with van der Waals surface area (Å²) in [5.74, 6) is 0.982. The van der Waals surface area contributed by atoms with Gasteiger partial charge in [-0.25, -0.2) is 9.97 Å². The van der Waals surface area contributed by atoms with Crippen LogP contribution in [0.5, 0.6) is 0 Å². The molecule has 0 radical (unpaired) electrons. The highest BCUT2D eigenvalue weighted by Crippen LogP contribution is 2.15. The number of hydrogen-bond donors (Lipinski definition) is 0. The summed E-state index contributed by atoms with van der Waals surface area (Å²) < 4.78 is 0. The van der Waals surface area contributed by atoms with Gasteiger partial charge < -0.3 is 4.90 Å². The lowest BCUT2D eigenvalue weighted by molar-refractivity contribution is 0.728. The number of nitrogens with zero attached hydrogens (tertiary/aromatic N) is 4. The molecule has 0 saturated heterocycles. The van der Waals surface area contributed by atoms with Crippen molar-refractivity contribution in [2.75, 3.05) is 23.3 Å². The van der Waals surface area contributed by atoms with Crippen molar-refractivity contribution in [3.63, 3.8) is 0 Å². The number of halogens is 1. The van der Waals surface area contributed by atoms with Gasteiger partial charge in [-0.1, -0.05) is 29.3 Å². The molecule has 0 bridgehead atoms. The number of fused-ring (bicyclic) bond motifs is 1. The third-order valence-electron chi connectivity index (χ3n) is 2.78. The summed E-state index contributed by atoms with van der Waals surface area (Å²) in [4.78, 5) is 15.4. The number of alkyl halides is 1. The normalized spacial score (nSPS) is 10.8. The van der Waals surface area contributed by atoms with Crippen molar-refractivity contribution >= 4 is 32.9 Å². The zero-order valence-electron chi connectivity index (χ0n) is 10.5. The maximum Gasteiger partial charge on any atom is 0.180 e. The summed E-state index contributed by atoms with van der Waals surface area (Å²) in [6.45, 7) is 4.19. The molecule has 0 fully saturated rings. The first kappa shape index (κ1) is 13.2. The Balaban J connectivity index is 2.25. The molecule has 0 amide bonds. The third kappa shape index (κ3) is 3.16. The van der Waals surface area contributed by atoms with Crippen LogP contribution in [0.1, 0.15) is 19.8 Å². The Labute approximate surface area is 116 Å². The van der Waals surface area contributed by atoms with E-state index in [1.54, 1.807) is 12.4 Å². The Kier molecular flexibility index (Phi) is 4.87. The Bertz CT molecular complexity index is 503. The highest BCUT2D eigenvalue weighted by atomic mass is 79.9. The minimum atomic E-state index is 0.714. The molecule has 0 spiro atoms. The zero-order chi connectivity index (χ0) is 12.8. The lowest BCUT2D eigenvalue weighted by Gasteiger charge is -2.22. The van der Waals surface area contributed by atoms with E-state index in [1.807, 2.05) is 12.1 Å². The van der Waals surface area contributed by atoms with Crippen LogP contribution in [-0.4, -0.2) is 33.4 Å². The van der Waals surface area contributed by atoms with Crippen molar-refractivity contribution in [3.05, 3.63) is 24.5 Å². The van der Waals surface area contributed by atoms with E-state index in [1.165, 1.54) is 12.8 Å². The fourth-order valence-corrected chi connectivity index (χ4v) is 2.24. The summed E-state index contributed by atoms with van der Waals surface area (Å²) in [7, 11) is 0. The predicted octanol–water partition coefficient (Wildman–Crippen LogP) is 3.03. The first-order valence-electron chi connectivity index (χ1n) is 6.24. The van der Waals surface area contributed by atoms with Gasteiger partial charge in [0.15, 0.2) is 5.65 Å². The number of unbranched alkanes of at least 4 members (excludes halogenated alkanes) is 1. The van der Waals surface area contributed by atoms with Crippen LogP contribution in [0.3, 0.4) is 0 Å². The molecular weight excluding hydrogens is 292 g/mol. The SMILES string of the molecule is CCCCN(CCBr)c1ccc2nccnc2n1. The zero-order valence-corrected chi connectivity index (χ0v) is 12.1. The molecule has 4 nitrogen and oxygen atoms in total. The smallest absolute Gasteiger partial charge is 0.180 e. The average molecular weight is 309 g/mol. The van der Waals surface area contributed by atoms with Gasteiger partial charge in [0.25, 0.3) is 0 Å². The van der Waals surface area contributed by atoms with Crippen LogP contribution in [0.15, 0.2) is 24.5 Å². The first-order chi connectivity index (χ1) is 8.85. The van der Waals surface area contributed by atoms with E-state index in [9.17, 15) is 0 Å². The Morgan fingerprint density at radius 2 is 2.00 bits per heavy atom. The molecule has 18 heavy (non-hydrogen) atoms. The molecule has 0 aromatic carbocycles. The van der Waals surface area contributed by atoms with Gasteiger partial charge >= 0.3 is 0 Å². The molecule has 0 aliphatic rings. The molecule has 2 aromatic heterocycles. The lowest BCUT2D eigenvalue weighted by atomic mass is 10.3. The standard InChI is InChI=1S/C13H17BrN4/c1-2-3-9-18(10-6-14)12-5-4-11-13(17-12)16-8-7-15-11/h4-5,7-8H,2-3,6,9-10H2,1H3. The van der Waals surface area contributed by atoms with E-state index in [0.717, 1.165) is 29.8 Å². The van der Waals surface area contributed by atoms with Crippen molar-refractivity contribution in [3.8, 4) is 0 Å². The highest BCUT2D eigenvalue weighted by Gasteiger charge is 2.08. The number of anilines is 1. The highest BCUT2D eigenvalue weighted by molar-refractivity contribution is 9.09. The molecule has 0 unspecified atom stereocenters. The maximum absolute atomic E-state index is 4.58. The van der Waals surface area contributed by atoms with Crippen molar-refractivity contribution in [1.29, 1.82) is 0 Å². The summed E-state index contributed by atoms with van der Waals surface area (Å²) in [6, 6.07) is 4.01. The minimum Gasteiger partial charge on any atom is -0.356 e. The van der Waals surface area contributed by atoms with Crippen LogP contribution in [0.25, 0.3) is 11.2 Å². The largest absolute Gasteiger partial charge is 0.356 e. The fourth-order valence-electron chi connectivity index (χ4n) is 1.81. The molecule has 0 N–H and O–H groups in total. The van der Waals surface area contributed by atoms with E-state index in [-0.39, 0.29) is 0 Å². The van der Waals surface area contributed by atoms with E-state index in [4.69, 9.17) is 0 Å². The van der Waals surface area contributed by atoms with Crippen LogP contribution < -0.4 is 4.90 Å². The molecule has 5 heteroatoms. The van der Waals surface area contributed by atoms with Gasteiger partial charge in [-0.3, -0.25) is 4.98 Å². The number of hydrogen-bond acceptors (Lipinski definition) is 4. The van der Waals surface area contributed by atoms with Crippen LogP contribution in [0.4, 0.5) is 5.82 Å². The van der Waals surface area contributed by atoms with Crippen molar-refractivity contribution in [2.24, 2.45) is 0 Å². The van der Waals surface area contributed by atoms with Crippen LogP contribution in [-0.2, 0) is 0 Å². The molecule has 0 aliphatic carbocycles. The van der Waals surface area contributed by atoms with Crippen LogP contribution >= 0.6 is 15.9 Å². The molecule has 2 rings (SSSR count). The van der Waals surface area contributed by atoms with E-state index in [2.05, 4.69) is 42.7 Å². The van der Waals surface area contributed by atoms with E-state index < -0.39 is 0 Å². The molecule has 0 aliphatic heterocycles. The molecule has 2 heterocycles. The summed E-state index contributed by atoms with van der Waals surface area (Å²) >= 11 is 3.49. The lowest BCUT2D eigenvalue weighted by Crippen LogP contribution is -2.27. The predicted molar refractivity (Wildman–Crippen MR) is 78.2 cm³/mol. The second-order valence-corrected chi connectivity index (χ2v) is 4.89. The van der Waals surface area contributed by atoms with Gasteiger partial charge in [-0.2, -0.15) is 0 Å². The Morgan fingerprint density at radius 3 is 2.78 bits per heavy atom. The quantitative estimate of drug-likeness (QED) is 0.769. The fraction of sp³-hybridized carbons (Fsp3) is 0.462. The van der Waals surface area contributed by atoms with Gasteiger partial charge in [-0.05, 0) is 18.6 Å². The summed E-state index contributed by atoms with van der Waals surface area (Å²) in [6.07, 6.45) is 5.73. The number of pyridine rings is 1. The third-order valence-corrected chi connectivity index (χ3v) is 3.13. The van der Waals surface area contributed by atoms with Gasteiger partial charge in [0.05, 0.1) is 0 Å². The van der Waals surface area contributed by atoms with Gasteiger partial charge in [0.1, 0.15) is 11.3 Å². The van der Waals surface area contributed by atoms with E-state index in [0.29, 0.717) is 5.65 Å².